The molecule has 5 nitrogen and oxygen atoms in total. The molecular weight excluding hydrogens is 204 g/mol. The number of nitrogens with two attached hydrogens (primary N) is 1. The lowest BCUT2D eigenvalue weighted by molar-refractivity contribution is 0.170. The largest absolute Gasteiger partial charge is 0.384 e. The van der Waals surface area contributed by atoms with Crippen molar-refractivity contribution in [2.24, 2.45) is 5.73 Å². The van der Waals surface area contributed by atoms with E-state index in [-0.39, 0.29) is 12.6 Å². The normalized spacial score (nSPS) is 13.6. The fraction of sp³-hybridized carbons (Fsp3) is 0.455. The number of hydrogen-bond acceptors (Lipinski definition) is 4. The number of aromatic nitrogens is 3. The van der Waals surface area contributed by atoms with Gasteiger partial charge in [0.2, 0.25) is 0 Å². The van der Waals surface area contributed by atoms with E-state index in [1.807, 2.05) is 24.5 Å². The number of aliphatic hydroxyl groups excluding tert-OH is 1. The fourth-order valence-electron chi connectivity index (χ4n) is 1.85. The maximum atomic E-state index is 9.83. The molecule has 0 amide bonds. The number of hydrogen-bond donors (Lipinski definition) is 2. The van der Waals surface area contributed by atoms with E-state index in [1.165, 1.54) is 0 Å². The first-order chi connectivity index (χ1) is 7.65. The summed E-state index contributed by atoms with van der Waals surface area (Å²) in [5.41, 5.74) is 7.25. The minimum atomic E-state index is -0.727. The van der Waals surface area contributed by atoms with Crippen LogP contribution < -0.4 is 5.73 Å². The average Bonchev–Trinajstić information content (AvgIpc) is 2.67. The Morgan fingerprint density at radius 3 is 2.88 bits per heavy atom. The summed E-state index contributed by atoms with van der Waals surface area (Å²) >= 11 is 0. The van der Waals surface area contributed by atoms with Crippen molar-refractivity contribution in [1.82, 2.24) is 14.5 Å². The molecule has 2 heterocycles. The molecule has 0 aliphatic rings. The third-order valence-corrected chi connectivity index (χ3v) is 2.56. The summed E-state index contributed by atoms with van der Waals surface area (Å²) < 4.78 is 1.99. The lowest BCUT2D eigenvalue weighted by Crippen LogP contribution is -2.17. The van der Waals surface area contributed by atoms with Gasteiger partial charge in [-0.05, 0) is 19.9 Å². The minimum Gasteiger partial charge on any atom is -0.384 e. The van der Waals surface area contributed by atoms with Crippen molar-refractivity contribution < 1.29 is 5.11 Å². The van der Waals surface area contributed by atoms with Crippen LogP contribution in [0.3, 0.4) is 0 Å². The molecule has 0 fully saturated rings. The molecule has 1 atom stereocenters. The van der Waals surface area contributed by atoms with Crippen LogP contribution >= 0.6 is 0 Å². The highest BCUT2D eigenvalue weighted by Crippen LogP contribution is 2.23. The van der Waals surface area contributed by atoms with Gasteiger partial charge in [-0.15, -0.1) is 0 Å². The van der Waals surface area contributed by atoms with E-state index in [0.29, 0.717) is 5.82 Å². The molecule has 0 aromatic carbocycles. The minimum absolute atomic E-state index is 0.170. The van der Waals surface area contributed by atoms with E-state index in [9.17, 15) is 5.11 Å². The molecule has 0 radical (unpaired) electrons. The molecule has 0 spiro atoms. The third-order valence-electron chi connectivity index (χ3n) is 2.56. The highest BCUT2D eigenvalue weighted by Gasteiger charge is 2.18. The van der Waals surface area contributed by atoms with Gasteiger partial charge < -0.3 is 15.4 Å². The maximum Gasteiger partial charge on any atom is 0.140 e. The molecule has 0 saturated carbocycles. The van der Waals surface area contributed by atoms with E-state index >= 15 is 0 Å². The summed E-state index contributed by atoms with van der Waals surface area (Å²) in [6.45, 7) is 4.27. The summed E-state index contributed by atoms with van der Waals surface area (Å²) in [5, 5.41) is 9.83. The average molecular weight is 220 g/mol. The Hall–Kier alpha value is -1.46. The monoisotopic (exact) mass is 220 g/mol. The zero-order valence-electron chi connectivity index (χ0n) is 9.46. The van der Waals surface area contributed by atoms with Crippen LogP contribution in [-0.4, -0.2) is 26.2 Å². The summed E-state index contributed by atoms with van der Waals surface area (Å²) in [5.74, 6) is 0.612. The second-order valence-corrected chi connectivity index (χ2v) is 4.05. The first-order valence-electron chi connectivity index (χ1n) is 5.35. The number of nitrogens with zero attached hydrogens (tertiary/aromatic N) is 3. The summed E-state index contributed by atoms with van der Waals surface area (Å²) in [7, 11) is 0. The molecular formula is C11H16N4O. The molecule has 86 valence electrons. The van der Waals surface area contributed by atoms with Gasteiger partial charge in [0.25, 0.3) is 0 Å². The van der Waals surface area contributed by atoms with E-state index in [2.05, 4.69) is 9.97 Å². The smallest absolute Gasteiger partial charge is 0.140 e. The number of aliphatic hydroxyl groups is 1. The third kappa shape index (κ3) is 1.68. The first-order valence-corrected chi connectivity index (χ1v) is 5.35. The Kier molecular flexibility index (Phi) is 2.89. The van der Waals surface area contributed by atoms with Crippen LogP contribution in [0.5, 0.6) is 0 Å². The molecule has 3 N–H and O–H groups in total. The second kappa shape index (κ2) is 4.19. The van der Waals surface area contributed by atoms with Gasteiger partial charge in [0.05, 0.1) is 11.7 Å². The van der Waals surface area contributed by atoms with Crippen LogP contribution in [-0.2, 0) is 0 Å². The van der Waals surface area contributed by atoms with Gasteiger partial charge in [-0.1, -0.05) is 0 Å². The Morgan fingerprint density at radius 1 is 1.50 bits per heavy atom. The molecule has 5 heteroatoms. The molecule has 2 rings (SSSR count). The molecule has 0 aliphatic carbocycles. The number of fused-ring (bicyclic) bond motifs is 1. The van der Waals surface area contributed by atoms with Gasteiger partial charge in [-0.3, -0.25) is 4.98 Å². The van der Waals surface area contributed by atoms with E-state index in [1.54, 1.807) is 12.4 Å². The molecule has 0 saturated heterocycles. The number of imidazole rings is 1. The Bertz CT molecular complexity index is 492. The zero-order chi connectivity index (χ0) is 11.7. The van der Waals surface area contributed by atoms with Crippen molar-refractivity contribution in [2.45, 2.75) is 26.0 Å². The van der Waals surface area contributed by atoms with E-state index in [4.69, 9.17) is 5.73 Å². The quantitative estimate of drug-likeness (QED) is 0.809. The van der Waals surface area contributed by atoms with Crippen LogP contribution in [0.2, 0.25) is 0 Å². The lowest BCUT2D eigenvalue weighted by atomic mass is 10.3. The molecule has 1 unspecified atom stereocenters. The SMILES string of the molecule is CC(C)n1c(C(O)CN)nc2cnccc21. The Labute approximate surface area is 93.9 Å². The standard InChI is InChI=1S/C11H16N4O/c1-7(2)15-9-3-4-13-6-8(9)14-11(15)10(16)5-12/h3-4,6-7,10,16H,5,12H2,1-2H3. The van der Waals surface area contributed by atoms with Gasteiger partial charge in [0.15, 0.2) is 0 Å². The molecule has 16 heavy (non-hydrogen) atoms. The molecule has 2 aromatic heterocycles. The van der Waals surface area contributed by atoms with Crippen molar-refractivity contribution in [3.8, 4) is 0 Å². The topological polar surface area (TPSA) is 77.0 Å². The highest BCUT2D eigenvalue weighted by atomic mass is 16.3. The van der Waals surface area contributed by atoms with Crippen LogP contribution in [0, 0.1) is 0 Å². The van der Waals surface area contributed by atoms with Crippen LogP contribution in [0.4, 0.5) is 0 Å². The maximum absolute atomic E-state index is 9.83. The Morgan fingerprint density at radius 2 is 2.25 bits per heavy atom. The van der Waals surface area contributed by atoms with Crippen molar-refractivity contribution in [3.05, 3.63) is 24.3 Å². The van der Waals surface area contributed by atoms with Gasteiger partial charge in [-0.2, -0.15) is 0 Å². The van der Waals surface area contributed by atoms with Gasteiger partial charge in [0, 0.05) is 18.8 Å². The predicted octanol–water partition coefficient (Wildman–Crippen LogP) is 1.00. The van der Waals surface area contributed by atoms with Gasteiger partial charge >= 0.3 is 0 Å². The molecule has 0 bridgehead atoms. The number of pyridine rings is 1. The van der Waals surface area contributed by atoms with Crippen LogP contribution in [0.25, 0.3) is 11.0 Å². The second-order valence-electron chi connectivity index (χ2n) is 4.05. The van der Waals surface area contributed by atoms with E-state index in [0.717, 1.165) is 11.0 Å². The van der Waals surface area contributed by atoms with Gasteiger partial charge in [-0.25, -0.2) is 4.98 Å². The van der Waals surface area contributed by atoms with Crippen molar-refractivity contribution in [2.75, 3.05) is 6.54 Å². The van der Waals surface area contributed by atoms with Crippen molar-refractivity contribution in [1.29, 1.82) is 0 Å². The van der Waals surface area contributed by atoms with Crippen molar-refractivity contribution >= 4 is 11.0 Å². The Balaban J connectivity index is 2.68. The highest BCUT2D eigenvalue weighted by molar-refractivity contribution is 5.75. The summed E-state index contributed by atoms with van der Waals surface area (Å²) in [6, 6.07) is 2.12. The lowest BCUT2D eigenvalue weighted by Gasteiger charge is -2.15. The van der Waals surface area contributed by atoms with E-state index < -0.39 is 6.10 Å². The fourth-order valence-corrected chi connectivity index (χ4v) is 1.85. The van der Waals surface area contributed by atoms with Crippen LogP contribution in [0.15, 0.2) is 18.5 Å². The van der Waals surface area contributed by atoms with Crippen LogP contribution in [0.1, 0.15) is 31.8 Å². The molecule has 2 aromatic rings. The summed E-state index contributed by atoms with van der Waals surface area (Å²) in [4.78, 5) is 8.40. The molecule has 0 aliphatic heterocycles. The van der Waals surface area contributed by atoms with Crippen molar-refractivity contribution in [3.63, 3.8) is 0 Å². The summed E-state index contributed by atoms with van der Waals surface area (Å²) in [6.07, 6.45) is 2.69. The predicted molar refractivity (Wildman–Crippen MR) is 61.9 cm³/mol. The first kappa shape index (κ1) is 11.0. The number of rotatable bonds is 3. The van der Waals surface area contributed by atoms with Gasteiger partial charge in [0.1, 0.15) is 17.4 Å². The zero-order valence-corrected chi connectivity index (χ0v) is 9.46.